The zero-order chi connectivity index (χ0) is 26.2. The number of hydrogen-bond donors (Lipinski definition) is 1. The van der Waals surface area contributed by atoms with Crippen LogP contribution in [0.4, 0.5) is 5.69 Å². The monoisotopic (exact) mass is 510 g/mol. The fraction of sp³-hybridized carbons (Fsp3) is 0.290. The Morgan fingerprint density at radius 2 is 1.79 bits per heavy atom. The molecule has 3 aromatic carbocycles. The van der Waals surface area contributed by atoms with Gasteiger partial charge in [-0.25, -0.2) is 4.99 Å². The van der Waals surface area contributed by atoms with E-state index in [4.69, 9.17) is 14.5 Å². The Balaban J connectivity index is 1.31. The quantitative estimate of drug-likeness (QED) is 0.459. The summed E-state index contributed by atoms with van der Waals surface area (Å²) in [4.78, 5) is 22.7. The molecule has 0 bridgehead atoms. The number of hydrogen-bond acceptors (Lipinski definition) is 6. The Labute approximate surface area is 224 Å². The lowest BCUT2D eigenvalue weighted by atomic mass is 10.1. The van der Waals surface area contributed by atoms with Gasteiger partial charge < -0.3 is 19.7 Å². The van der Waals surface area contributed by atoms with Gasteiger partial charge in [-0.2, -0.15) is 0 Å². The standard InChI is InChI=1S/C31H34N4O3/c1-37-28-12-7-25(8-13-28)22-32-31(36)26-10-11-27-23-35(16-15-34-17-19-38-20-18-34)30(33-29(27)21-26)14-9-24-5-3-2-4-6-24/h2-14,21H,15-20,22-23H2,1H3,(H,32,36)/b14-9+. The Bertz CT molecular complexity index is 1280. The van der Waals surface area contributed by atoms with Crippen molar-refractivity contribution in [1.29, 1.82) is 0 Å². The number of ether oxygens (including phenoxy) is 2. The van der Waals surface area contributed by atoms with Crippen LogP contribution in [0, 0.1) is 0 Å². The number of amidine groups is 1. The number of morpholine rings is 1. The normalized spacial score (nSPS) is 15.7. The highest BCUT2D eigenvalue weighted by molar-refractivity contribution is 6.00. The van der Waals surface area contributed by atoms with Gasteiger partial charge in [0.2, 0.25) is 0 Å². The van der Waals surface area contributed by atoms with Crippen molar-refractivity contribution >= 4 is 23.5 Å². The second-order valence-corrected chi connectivity index (χ2v) is 9.46. The first-order valence-corrected chi connectivity index (χ1v) is 13.1. The number of rotatable bonds is 9. The number of carbonyl (C=O) groups excluding carboxylic acids is 1. The van der Waals surface area contributed by atoms with Crippen LogP contribution in [0.1, 0.15) is 27.0 Å². The zero-order valence-electron chi connectivity index (χ0n) is 21.8. The van der Waals surface area contributed by atoms with Crippen molar-refractivity contribution in [1.82, 2.24) is 15.1 Å². The fourth-order valence-electron chi connectivity index (χ4n) is 4.61. The van der Waals surface area contributed by atoms with Gasteiger partial charge in [0, 0.05) is 44.8 Å². The van der Waals surface area contributed by atoms with Crippen LogP contribution >= 0.6 is 0 Å². The Hall–Kier alpha value is -3.94. The molecule has 7 heteroatoms. The number of benzene rings is 3. The van der Waals surface area contributed by atoms with Gasteiger partial charge in [0.1, 0.15) is 11.6 Å². The van der Waals surface area contributed by atoms with Gasteiger partial charge in [-0.15, -0.1) is 0 Å². The third-order valence-corrected chi connectivity index (χ3v) is 6.89. The van der Waals surface area contributed by atoms with Crippen LogP contribution in [0.15, 0.2) is 83.9 Å². The Morgan fingerprint density at radius 1 is 1.00 bits per heavy atom. The minimum absolute atomic E-state index is 0.116. The molecule has 1 fully saturated rings. The maximum absolute atomic E-state index is 12.9. The molecule has 1 saturated heterocycles. The van der Waals surface area contributed by atoms with Gasteiger partial charge in [-0.1, -0.05) is 54.6 Å². The first-order valence-electron chi connectivity index (χ1n) is 13.1. The molecule has 3 aromatic rings. The van der Waals surface area contributed by atoms with Crippen LogP contribution in [0.5, 0.6) is 5.75 Å². The molecule has 1 amide bonds. The van der Waals surface area contributed by atoms with Gasteiger partial charge in [0.15, 0.2) is 0 Å². The van der Waals surface area contributed by atoms with E-state index < -0.39 is 0 Å². The molecule has 0 aliphatic carbocycles. The summed E-state index contributed by atoms with van der Waals surface area (Å²) in [5.74, 6) is 1.59. The third-order valence-electron chi connectivity index (χ3n) is 6.89. The van der Waals surface area contributed by atoms with Crippen LogP contribution in [-0.2, 0) is 17.8 Å². The topological polar surface area (TPSA) is 66.4 Å². The largest absolute Gasteiger partial charge is 0.497 e. The van der Waals surface area contributed by atoms with E-state index in [0.29, 0.717) is 12.1 Å². The van der Waals surface area contributed by atoms with Crippen LogP contribution in [0.3, 0.4) is 0 Å². The van der Waals surface area contributed by atoms with Crippen molar-refractivity contribution in [3.05, 3.63) is 101 Å². The summed E-state index contributed by atoms with van der Waals surface area (Å²) < 4.78 is 10.7. The Morgan fingerprint density at radius 3 is 2.55 bits per heavy atom. The number of nitrogens with zero attached hydrogens (tertiary/aromatic N) is 3. The summed E-state index contributed by atoms with van der Waals surface area (Å²) in [5, 5.41) is 3.01. The first kappa shape index (κ1) is 25.7. The third kappa shape index (κ3) is 6.68. The van der Waals surface area contributed by atoms with E-state index in [2.05, 4.69) is 39.4 Å². The van der Waals surface area contributed by atoms with Gasteiger partial charge >= 0.3 is 0 Å². The van der Waals surface area contributed by atoms with E-state index in [-0.39, 0.29) is 5.91 Å². The van der Waals surface area contributed by atoms with Crippen LogP contribution in [0.2, 0.25) is 0 Å². The predicted octanol–water partition coefficient (Wildman–Crippen LogP) is 4.52. The smallest absolute Gasteiger partial charge is 0.251 e. The SMILES string of the molecule is COc1ccc(CNC(=O)c2ccc3c(c2)N=C(/C=C/c2ccccc2)N(CCN2CCOCC2)C3)cc1. The minimum Gasteiger partial charge on any atom is -0.497 e. The predicted molar refractivity (Wildman–Crippen MR) is 151 cm³/mol. The highest BCUT2D eigenvalue weighted by Crippen LogP contribution is 2.28. The lowest BCUT2D eigenvalue weighted by Gasteiger charge is -2.33. The Kier molecular flexibility index (Phi) is 8.48. The molecule has 0 radical (unpaired) electrons. The summed E-state index contributed by atoms with van der Waals surface area (Å²) in [6, 6.07) is 23.7. The number of aliphatic imine (C=N–C) groups is 1. The van der Waals surface area contributed by atoms with E-state index in [0.717, 1.165) is 79.9 Å². The molecule has 2 aliphatic rings. The number of carbonyl (C=O) groups is 1. The maximum atomic E-state index is 12.9. The summed E-state index contributed by atoms with van der Waals surface area (Å²) in [6.07, 6.45) is 4.17. The molecule has 38 heavy (non-hydrogen) atoms. The fourth-order valence-corrected chi connectivity index (χ4v) is 4.61. The second-order valence-electron chi connectivity index (χ2n) is 9.46. The minimum atomic E-state index is -0.116. The van der Waals surface area contributed by atoms with Crippen LogP contribution in [-0.4, -0.2) is 68.0 Å². The van der Waals surface area contributed by atoms with Crippen molar-refractivity contribution in [3.63, 3.8) is 0 Å². The highest BCUT2D eigenvalue weighted by atomic mass is 16.5. The molecule has 196 valence electrons. The van der Waals surface area contributed by atoms with Gasteiger partial charge in [0.25, 0.3) is 5.91 Å². The molecule has 7 nitrogen and oxygen atoms in total. The average Bonchev–Trinajstić information content (AvgIpc) is 2.98. The van der Waals surface area contributed by atoms with Crippen molar-refractivity contribution in [2.45, 2.75) is 13.1 Å². The number of fused-ring (bicyclic) bond motifs is 1. The summed E-state index contributed by atoms with van der Waals surface area (Å²) in [7, 11) is 1.64. The van der Waals surface area contributed by atoms with Gasteiger partial charge in [-0.05, 0) is 47.0 Å². The molecule has 0 saturated carbocycles. The number of methoxy groups -OCH3 is 1. The lowest BCUT2D eigenvalue weighted by molar-refractivity contribution is 0.0357. The molecule has 5 rings (SSSR count). The number of nitrogens with one attached hydrogen (secondary N) is 1. The zero-order valence-corrected chi connectivity index (χ0v) is 21.8. The van der Waals surface area contributed by atoms with Crippen LogP contribution < -0.4 is 10.1 Å². The molecule has 0 aromatic heterocycles. The van der Waals surface area contributed by atoms with Gasteiger partial charge in [-0.3, -0.25) is 9.69 Å². The molecule has 2 heterocycles. The maximum Gasteiger partial charge on any atom is 0.251 e. The van der Waals surface area contributed by atoms with E-state index in [1.165, 1.54) is 0 Å². The van der Waals surface area contributed by atoms with E-state index in [1.807, 2.05) is 60.7 Å². The molecular weight excluding hydrogens is 476 g/mol. The van der Waals surface area contributed by atoms with Crippen molar-refractivity contribution < 1.29 is 14.3 Å². The number of amides is 1. The summed E-state index contributed by atoms with van der Waals surface area (Å²) in [6.45, 7) is 6.55. The van der Waals surface area contributed by atoms with E-state index in [1.54, 1.807) is 7.11 Å². The van der Waals surface area contributed by atoms with Gasteiger partial charge in [0.05, 0.1) is 26.0 Å². The molecule has 0 unspecified atom stereocenters. The average molecular weight is 511 g/mol. The first-order chi connectivity index (χ1) is 18.7. The van der Waals surface area contributed by atoms with Crippen LogP contribution in [0.25, 0.3) is 6.08 Å². The molecule has 0 spiro atoms. The summed E-state index contributed by atoms with van der Waals surface area (Å²) >= 11 is 0. The molecule has 1 N–H and O–H groups in total. The van der Waals surface area contributed by atoms with E-state index in [9.17, 15) is 4.79 Å². The highest BCUT2D eigenvalue weighted by Gasteiger charge is 2.21. The second kappa shape index (κ2) is 12.5. The van der Waals surface area contributed by atoms with Crippen molar-refractivity contribution in [2.24, 2.45) is 4.99 Å². The van der Waals surface area contributed by atoms with Crippen molar-refractivity contribution in [3.8, 4) is 5.75 Å². The van der Waals surface area contributed by atoms with E-state index >= 15 is 0 Å². The molecule has 0 atom stereocenters. The molecular formula is C31H34N4O3. The molecule has 2 aliphatic heterocycles. The summed E-state index contributed by atoms with van der Waals surface area (Å²) in [5.41, 5.74) is 4.71. The van der Waals surface area contributed by atoms with Crippen molar-refractivity contribution in [2.75, 3.05) is 46.5 Å². The lowest BCUT2D eigenvalue weighted by Crippen LogP contribution is -2.43.